The lowest BCUT2D eigenvalue weighted by molar-refractivity contribution is 0.302. The van der Waals surface area contributed by atoms with Crippen molar-refractivity contribution in [2.75, 3.05) is 6.61 Å². The lowest BCUT2D eigenvalue weighted by Crippen LogP contribution is -2.00. The quantitative estimate of drug-likeness (QED) is 0.136. The molecule has 1 rings (SSSR count). The van der Waals surface area contributed by atoms with Crippen LogP contribution in [0.25, 0.3) is 0 Å². The van der Waals surface area contributed by atoms with E-state index in [4.69, 9.17) is 9.94 Å². The zero-order valence-corrected chi connectivity index (χ0v) is 16.8. The van der Waals surface area contributed by atoms with E-state index in [1.807, 2.05) is 24.3 Å². The zero-order valence-electron chi connectivity index (χ0n) is 16.8. The molecule has 1 aromatic carbocycles. The van der Waals surface area contributed by atoms with Gasteiger partial charge >= 0.3 is 0 Å². The molecule has 0 saturated heterocycles. The highest BCUT2D eigenvalue weighted by Crippen LogP contribution is 2.17. The summed E-state index contributed by atoms with van der Waals surface area (Å²) in [6, 6.07) is 7.66. The Hall–Kier alpha value is -1.51. The number of hydrogen-bond donors (Lipinski definition) is 1. The first-order chi connectivity index (χ1) is 12.9. The fourth-order valence-corrected chi connectivity index (χ4v) is 3.26. The van der Waals surface area contributed by atoms with E-state index in [2.05, 4.69) is 12.1 Å². The molecule has 0 bridgehead atoms. The molecule has 1 N–H and O–H groups in total. The number of unbranched alkanes of at least 4 members (excludes halogenated alkanes) is 13. The van der Waals surface area contributed by atoms with Crippen LogP contribution in [-0.2, 0) is 0 Å². The van der Waals surface area contributed by atoms with E-state index in [0.717, 1.165) is 24.3 Å². The van der Waals surface area contributed by atoms with Crippen LogP contribution in [0.5, 0.6) is 5.75 Å². The first-order valence-electron chi connectivity index (χ1n) is 10.8. The second-order valence-corrected chi connectivity index (χ2v) is 7.23. The highest BCUT2D eigenvalue weighted by atomic mass is 16.5. The molecule has 1 aromatic rings. The highest BCUT2D eigenvalue weighted by Gasteiger charge is 2.00. The van der Waals surface area contributed by atoms with Crippen LogP contribution in [0, 0.1) is 0 Å². The van der Waals surface area contributed by atoms with Crippen molar-refractivity contribution in [3.63, 3.8) is 0 Å². The van der Waals surface area contributed by atoms with E-state index in [1.54, 1.807) is 0 Å². The Morgan fingerprint density at radius 1 is 0.769 bits per heavy atom. The van der Waals surface area contributed by atoms with Gasteiger partial charge in [-0.1, -0.05) is 108 Å². The number of nitrogens with zero attached hydrogens (tertiary/aromatic N) is 1. The van der Waals surface area contributed by atoms with Crippen LogP contribution >= 0.6 is 0 Å². The Kier molecular flexibility index (Phi) is 14.7. The predicted octanol–water partition coefficient (Wildman–Crippen LogP) is 7.35. The zero-order chi connectivity index (χ0) is 18.7. The van der Waals surface area contributed by atoms with Gasteiger partial charge < -0.3 is 9.94 Å². The smallest absolute Gasteiger partial charge is 0.128 e. The summed E-state index contributed by atoms with van der Waals surface area (Å²) in [5, 5.41) is 11.7. The number of benzene rings is 1. The van der Waals surface area contributed by atoms with Gasteiger partial charge in [-0.2, -0.15) is 0 Å². The Balaban J connectivity index is 1.87. The molecule has 0 aliphatic carbocycles. The largest absolute Gasteiger partial charge is 0.493 e. The maximum Gasteiger partial charge on any atom is 0.128 e. The molecule has 0 saturated carbocycles. The van der Waals surface area contributed by atoms with Crippen LogP contribution < -0.4 is 4.74 Å². The molecule has 0 heterocycles. The Bertz CT molecular complexity index is 459. The van der Waals surface area contributed by atoms with Crippen molar-refractivity contribution in [1.29, 1.82) is 0 Å². The molecular formula is C23H39NO2. The molecule has 0 atom stereocenters. The van der Waals surface area contributed by atoms with Gasteiger partial charge in [0.05, 0.1) is 12.8 Å². The fourth-order valence-electron chi connectivity index (χ4n) is 3.26. The number of rotatable bonds is 17. The standard InChI is InChI=1S/C23H39NO2/c1-2-3-4-5-6-7-8-9-10-11-12-13-14-17-20-26-23-19-16-15-18-22(23)21-24-25/h15-16,18-19,21,25H,2-14,17,20H2,1H3/b24-21+. The number of oxime groups is 1. The van der Waals surface area contributed by atoms with Crippen LogP contribution in [0.3, 0.4) is 0 Å². The van der Waals surface area contributed by atoms with Gasteiger partial charge in [-0.05, 0) is 18.6 Å². The van der Waals surface area contributed by atoms with Gasteiger partial charge in [-0.3, -0.25) is 0 Å². The Labute approximate surface area is 160 Å². The van der Waals surface area contributed by atoms with Crippen molar-refractivity contribution in [2.45, 2.75) is 96.8 Å². The molecule has 3 nitrogen and oxygen atoms in total. The number of para-hydroxylation sites is 1. The summed E-state index contributed by atoms with van der Waals surface area (Å²) in [4.78, 5) is 0. The number of hydrogen-bond acceptors (Lipinski definition) is 3. The topological polar surface area (TPSA) is 41.8 Å². The van der Waals surface area contributed by atoms with Crippen LogP contribution in [-0.4, -0.2) is 18.0 Å². The molecule has 26 heavy (non-hydrogen) atoms. The van der Waals surface area contributed by atoms with Gasteiger partial charge in [0, 0.05) is 5.56 Å². The monoisotopic (exact) mass is 361 g/mol. The summed E-state index contributed by atoms with van der Waals surface area (Å²) in [6.07, 6.45) is 20.5. The van der Waals surface area contributed by atoms with E-state index in [0.29, 0.717) is 0 Å². The summed E-state index contributed by atoms with van der Waals surface area (Å²) < 4.78 is 5.79. The van der Waals surface area contributed by atoms with Crippen molar-refractivity contribution >= 4 is 6.21 Å². The van der Waals surface area contributed by atoms with Crippen molar-refractivity contribution < 1.29 is 9.94 Å². The van der Waals surface area contributed by atoms with Crippen LogP contribution in [0.15, 0.2) is 29.4 Å². The third kappa shape index (κ3) is 11.9. The van der Waals surface area contributed by atoms with Crippen molar-refractivity contribution in [3.05, 3.63) is 29.8 Å². The van der Waals surface area contributed by atoms with Crippen molar-refractivity contribution in [2.24, 2.45) is 5.16 Å². The Morgan fingerprint density at radius 3 is 1.81 bits per heavy atom. The van der Waals surface area contributed by atoms with Crippen LogP contribution in [0.2, 0.25) is 0 Å². The normalized spacial score (nSPS) is 11.3. The summed E-state index contributed by atoms with van der Waals surface area (Å²) in [5.41, 5.74) is 0.820. The molecule has 3 heteroatoms. The molecule has 0 aliphatic rings. The minimum atomic E-state index is 0.730. The maximum absolute atomic E-state index is 8.66. The first kappa shape index (κ1) is 22.5. The minimum absolute atomic E-state index is 0.730. The Morgan fingerprint density at radius 2 is 1.27 bits per heavy atom. The predicted molar refractivity (Wildman–Crippen MR) is 112 cm³/mol. The maximum atomic E-state index is 8.66. The third-order valence-electron chi connectivity index (χ3n) is 4.87. The van der Waals surface area contributed by atoms with Crippen LogP contribution in [0.1, 0.15) is 102 Å². The average molecular weight is 362 g/mol. The number of ether oxygens (including phenoxy) is 1. The van der Waals surface area contributed by atoms with Gasteiger partial charge in [-0.25, -0.2) is 0 Å². The average Bonchev–Trinajstić information content (AvgIpc) is 2.66. The molecule has 0 radical (unpaired) electrons. The van der Waals surface area contributed by atoms with Crippen LogP contribution in [0.4, 0.5) is 0 Å². The summed E-state index contributed by atoms with van der Waals surface area (Å²) in [7, 11) is 0. The molecule has 148 valence electrons. The summed E-state index contributed by atoms with van der Waals surface area (Å²) in [6.45, 7) is 3.01. The second kappa shape index (κ2) is 16.9. The van der Waals surface area contributed by atoms with E-state index < -0.39 is 0 Å². The SMILES string of the molecule is CCCCCCCCCCCCCCCCOc1ccccc1/C=N/O. The van der Waals surface area contributed by atoms with E-state index in [-0.39, 0.29) is 0 Å². The fraction of sp³-hybridized carbons (Fsp3) is 0.696. The van der Waals surface area contributed by atoms with E-state index in [1.165, 1.54) is 89.7 Å². The first-order valence-corrected chi connectivity index (χ1v) is 10.8. The molecule has 0 fully saturated rings. The molecule has 0 aromatic heterocycles. The van der Waals surface area contributed by atoms with Crippen molar-refractivity contribution in [1.82, 2.24) is 0 Å². The van der Waals surface area contributed by atoms with Crippen molar-refractivity contribution in [3.8, 4) is 5.75 Å². The molecule has 0 unspecified atom stereocenters. The molecular weight excluding hydrogens is 322 g/mol. The molecule has 0 aliphatic heterocycles. The van der Waals surface area contributed by atoms with E-state index >= 15 is 0 Å². The summed E-state index contributed by atoms with van der Waals surface area (Å²) in [5.74, 6) is 0.792. The lowest BCUT2D eigenvalue weighted by atomic mass is 10.0. The second-order valence-electron chi connectivity index (χ2n) is 7.23. The van der Waals surface area contributed by atoms with Gasteiger partial charge in [0.15, 0.2) is 0 Å². The third-order valence-corrected chi connectivity index (χ3v) is 4.87. The lowest BCUT2D eigenvalue weighted by Gasteiger charge is -2.08. The molecule has 0 amide bonds. The van der Waals surface area contributed by atoms with Gasteiger partial charge in [0.2, 0.25) is 0 Å². The van der Waals surface area contributed by atoms with Gasteiger partial charge in [0.25, 0.3) is 0 Å². The minimum Gasteiger partial charge on any atom is -0.493 e. The summed E-state index contributed by atoms with van der Waals surface area (Å²) >= 11 is 0. The molecule has 0 spiro atoms. The van der Waals surface area contributed by atoms with Gasteiger partial charge in [-0.15, -0.1) is 0 Å². The highest BCUT2D eigenvalue weighted by molar-refractivity contribution is 5.82. The van der Waals surface area contributed by atoms with Gasteiger partial charge in [0.1, 0.15) is 5.75 Å². The van der Waals surface area contributed by atoms with E-state index in [9.17, 15) is 0 Å².